The van der Waals surface area contributed by atoms with Gasteiger partial charge in [-0.25, -0.2) is 4.52 Å². The predicted molar refractivity (Wildman–Crippen MR) is 172 cm³/mol. The number of carbonyl (C=O) groups excluding carboxylic acids is 1. The molecule has 1 aliphatic heterocycles. The van der Waals surface area contributed by atoms with Crippen molar-refractivity contribution < 1.29 is 22.5 Å². The minimum atomic E-state index is -4.70. The maximum Gasteiger partial charge on any atom is 0.471 e. The van der Waals surface area contributed by atoms with Gasteiger partial charge in [-0.3, -0.25) is 4.79 Å². The van der Waals surface area contributed by atoms with Gasteiger partial charge in [0.2, 0.25) is 5.82 Å². The highest BCUT2D eigenvalue weighted by molar-refractivity contribution is 5.95. The molecular formula is C35H45F3N6O2. The Kier molecular flexibility index (Phi) is 10.8. The number of aromatic nitrogens is 4. The third-order valence-corrected chi connectivity index (χ3v) is 8.66. The largest absolute Gasteiger partial charge is 0.471 e. The molecule has 1 aliphatic rings. The number of pyridine rings is 1. The van der Waals surface area contributed by atoms with Gasteiger partial charge in [0.25, 0.3) is 5.91 Å². The molecule has 0 saturated carbocycles. The second kappa shape index (κ2) is 14.8. The fourth-order valence-corrected chi connectivity index (χ4v) is 5.93. The van der Waals surface area contributed by atoms with Crippen LogP contribution in [0.25, 0.3) is 28.2 Å². The van der Waals surface area contributed by atoms with Crippen LogP contribution in [-0.2, 0) is 12.6 Å². The Hall–Kier alpha value is -3.73. The summed E-state index contributed by atoms with van der Waals surface area (Å²) in [6.07, 6.45) is 4.52. The van der Waals surface area contributed by atoms with E-state index in [0.717, 1.165) is 80.7 Å². The molecule has 4 aromatic rings. The Balaban J connectivity index is 1.46. The lowest BCUT2D eigenvalue weighted by molar-refractivity contribution is -0.159. The van der Waals surface area contributed by atoms with Gasteiger partial charge in [0.1, 0.15) is 0 Å². The molecule has 0 radical (unpaired) electrons. The van der Waals surface area contributed by atoms with E-state index < -0.39 is 12.1 Å². The number of hydrogen-bond acceptors (Lipinski definition) is 6. The molecule has 46 heavy (non-hydrogen) atoms. The van der Waals surface area contributed by atoms with Crippen LogP contribution in [0.3, 0.4) is 0 Å². The van der Waals surface area contributed by atoms with Crippen molar-refractivity contribution in [3.05, 3.63) is 59.6 Å². The first-order chi connectivity index (χ1) is 22.0. The fourth-order valence-electron chi connectivity index (χ4n) is 5.93. The average Bonchev–Trinajstić information content (AvgIpc) is 3.67. The van der Waals surface area contributed by atoms with Crippen LogP contribution in [0, 0.1) is 11.8 Å². The predicted octanol–water partition coefficient (Wildman–Crippen LogP) is 8.02. The SMILES string of the molecule is CC(C)CCN(CCC(C)C)C(=O)c1ccn2nc(-c3ccc(-c4noc(C(F)(F)F)n4)cc3)c(CCCN3CCCCC3)c2c1. The second-order valence-corrected chi connectivity index (χ2v) is 13.2. The molecule has 1 fully saturated rings. The highest BCUT2D eigenvalue weighted by Crippen LogP contribution is 2.32. The zero-order chi connectivity index (χ0) is 32.8. The van der Waals surface area contributed by atoms with Crippen molar-refractivity contribution in [2.75, 3.05) is 32.7 Å². The molecule has 248 valence electrons. The third-order valence-electron chi connectivity index (χ3n) is 8.66. The summed E-state index contributed by atoms with van der Waals surface area (Å²) >= 11 is 0. The molecule has 11 heteroatoms. The van der Waals surface area contributed by atoms with Crippen molar-refractivity contribution >= 4 is 11.4 Å². The van der Waals surface area contributed by atoms with E-state index in [2.05, 4.69) is 47.3 Å². The van der Waals surface area contributed by atoms with Crippen LogP contribution >= 0.6 is 0 Å². The highest BCUT2D eigenvalue weighted by atomic mass is 19.4. The standard InChI is InChI=1S/C35H45F3N6O2/c1-24(2)14-20-43(21-15-25(3)4)33(45)28-16-22-44-30(23-28)29(9-8-19-42-17-6-5-7-18-42)31(40-44)26-10-12-27(13-11-26)32-39-34(46-41-32)35(36,37)38/h10-13,16,22-25H,5-9,14-15,17-21H2,1-4H3. The number of hydrogen-bond donors (Lipinski definition) is 0. The molecule has 8 nitrogen and oxygen atoms in total. The number of halogens is 3. The maximum atomic E-state index is 13.9. The Labute approximate surface area is 269 Å². The summed E-state index contributed by atoms with van der Waals surface area (Å²) < 4.78 is 45.2. The summed E-state index contributed by atoms with van der Waals surface area (Å²) in [6.45, 7) is 13.4. The average molecular weight is 639 g/mol. The van der Waals surface area contributed by atoms with E-state index >= 15 is 0 Å². The summed E-state index contributed by atoms with van der Waals surface area (Å²) in [5.74, 6) is -0.468. The number of piperidine rings is 1. The number of fused-ring (bicyclic) bond motifs is 1. The van der Waals surface area contributed by atoms with Gasteiger partial charge in [-0.1, -0.05) is 63.5 Å². The van der Waals surface area contributed by atoms with E-state index in [9.17, 15) is 18.0 Å². The first-order valence-corrected chi connectivity index (χ1v) is 16.5. The lowest BCUT2D eigenvalue weighted by Gasteiger charge is -2.26. The number of rotatable bonds is 13. The van der Waals surface area contributed by atoms with Gasteiger partial charge in [-0.15, -0.1) is 0 Å². The van der Waals surface area contributed by atoms with Crippen LogP contribution in [0.4, 0.5) is 13.2 Å². The molecule has 0 atom stereocenters. The Bertz CT molecular complexity index is 1570. The minimum absolute atomic E-state index is 0.0357. The Morgan fingerprint density at radius 1 is 0.957 bits per heavy atom. The first-order valence-electron chi connectivity index (χ1n) is 16.5. The van der Waals surface area contributed by atoms with Crippen LogP contribution in [0.5, 0.6) is 0 Å². The van der Waals surface area contributed by atoms with E-state index in [4.69, 9.17) is 5.10 Å². The zero-order valence-corrected chi connectivity index (χ0v) is 27.3. The van der Waals surface area contributed by atoms with Crippen LogP contribution < -0.4 is 0 Å². The topological polar surface area (TPSA) is 79.8 Å². The molecule has 4 heterocycles. The van der Waals surface area contributed by atoms with E-state index in [1.54, 1.807) is 12.1 Å². The van der Waals surface area contributed by atoms with E-state index in [1.807, 2.05) is 39.9 Å². The number of alkyl halides is 3. The third kappa shape index (κ3) is 8.34. The van der Waals surface area contributed by atoms with Gasteiger partial charge in [0.05, 0.1) is 11.2 Å². The van der Waals surface area contributed by atoms with Gasteiger partial charge < -0.3 is 14.3 Å². The number of likely N-dealkylation sites (tertiary alicyclic amines) is 1. The monoisotopic (exact) mass is 638 g/mol. The first kappa shape index (κ1) is 33.6. The van der Waals surface area contributed by atoms with Crippen molar-refractivity contribution in [3.8, 4) is 22.6 Å². The summed E-state index contributed by atoms with van der Waals surface area (Å²) in [5.41, 5.74) is 4.61. The molecule has 3 aromatic heterocycles. The van der Waals surface area contributed by atoms with Crippen LogP contribution in [0.2, 0.25) is 0 Å². The summed E-state index contributed by atoms with van der Waals surface area (Å²) in [7, 11) is 0. The highest BCUT2D eigenvalue weighted by Gasteiger charge is 2.38. The molecule has 0 bridgehead atoms. The Morgan fingerprint density at radius 2 is 1.61 bits per heavy atom. The van der Waals surface area contributed by atoms with Gasteiger partial charge >= 0.3 is 12.1 Å². The van der Waals surface area contributed by atoms with Crippen molar-refractivity contribution in [1.82, 2.24) is 29.6 Å². The molecule has 1 aromatic carbocycles. The van der Waals surface area contributed by atoms with Gasteiger partial charge in [0, 0.05) is 41.5 Å². The smallest absolute Gasteiger partial charge is 0.339 e. The van der Waals surface area contributed by atoms with Crippen molar-refractivity contribution in [1.29, 1.82) is 0 Å². The summed E-state index contributed by atoms with van der Waals surface area (Å²) in [6, 6.07) is 10.8. The van der Waals surface area contributed by atoms with Crippen LogP contribution in [0.1, 0.15) is 88.0 Å². The van der Waals surface area contributed by atoms with Crippen LogP contribution in [-0.4, -0.2) is 68.2 Å². The number of amides is 1. The number of nitrogens with zero attached hydrogens (tertiary/aromatic N) is 6. The number of aryl methyl sites for hydroxylation is 1. The van der Waals surface area contributed by atoms with Gasteiger partial charge in [0.15, 0.2) is 0 Å². The normalized spacial score (nSPS) is 14.5. The van der Waals surface area contributed by atoms with Crippen molar-refractivity contribution in [2.24, 2.45) is 11.8 Å². The van der Waals surface area contributed by atoms with E-state index in [0.29, 0.717) is 23.0 Å². The maximum absolute atomic E-state index is 13.9. The quantitative estimate of drug-likeness (QED) is 0.148. The van der Waals surface area contributed by atoms with E-state index in [1.165, 1.54) is 19.3 Å². The lowest BCUT2D eigenvalue weighted by Crippen LogP contribution is -2.34. The molecule has 0 aliphatic carbocycles. The van der Waals surface area contributed by atoms with Gasteiger partial charge in [-0.05, 0) is 82.1 Å². The fraction of sp³-hybridized carbons (Fsp3) is 0.543. The minimum Gasteiger partial charge on any atom is -0.339 e. The summed E-state index contributed by atoms with van der Waals surface area (Å²) in [4.78, 5) is 21.9. The Morgan fingerprint density at radius 3 is 2.22 bits per heavy atom. The van der Waals surface area contributed by atoms with Gasteiger partial charge in [-0.2, -0.15) is 23.3 Å². The van der Waals surface area contributed by atoms with Crippen LogP contribution in [0.15, 0.2) is 47.1 Å². The number of carbonyl (C=O) groups is 1. The van der Waals surface area contributed by atoms with E-state index in [-0.39, 0.29) is 11.7 Å². The summed E-state index contributed by atoms with van der Waals surface area (Å²) in [5, 5.41) is 8.44. The second-order valence-electron chi connectivity index (χ2n) is 13.2. The number of benzene rings is 1. The molecular weight excluding hydrogens is 593 g/mol. The molecule has 5 rings (SSSR count). The molecule has 1 amide bonds. The molecule has 0 unspecified atom stereocenters. The molecule has 0 N–H and O–H groups in total. The van der Waals surface area contributed by atoms with Crippen molar-refractivity contribution in [3.63, 3.8) is 0 Å². The molecule has 0 spiro atoms. The van der Waals surface area contributed by atoms with Crippen molar-refractivity contribution in [2.45, 2.75) is 78.8 Å². The lowest BCUT2D eigenvalue weighted by atomic mass is 10.00. The zero-order valence-electron chi connectivity index (χ0n) is 27.3. The molecule has 1 saturated heterocycles.